The van der Waals surface area contributed by atoms with Gasteiger partial charge in [0.05, 0.1) is 6.61 Å². The molecule has 2 heterocycles. The highest BCUT2D eigenvalue weighted by molar-refractivity contribution is 7.89. The van der Waals surface area contributed by atoms with Gasteiger partial charge in [-0.1, -0.05) is 18.1 Å². The lowest BCUT2D eigenvalue weighted by Crippen LogP contribution is -2.54. The van der Waals surface area contributed by atoms with E-state index in [9.17, 15) is 26.7 Å². The molecule has 3 rings (SSSR count). The summed E-state index contributed by atoms with van der Waals surface area (Å²) in [6.07, 6.45) is -3.88. The largest absolute Gasteiger partial charge is 0.423 e. The van der Waals surface area contributed by atoms with E-state index in [1.165, 1.54) is 34.8 Å². The van der Waals surface area contributed by atoms with Crippen LogP contribution in [-0.2, 0) is 15.6 Å². The predicted molar refractivity (Wildman–Crippen MR) is 115 cm³/mol. The summed E-state index contributed by atoms with van der Waals surface area (Å²) in [5.41, 5.74) is 2.14. The van der Waals surface area contributed by atoms with Gasteiger partial charge in [0.15, 0.2) is 0 Å². The van der Waals surface area contributed by atoms with Crippen molar-refractivity contribution >= 4 is 21.5 Å². The molecule has 1 saturated heterocycles. The van der Waals surface area contributed by atoms with Crippen LogP contribution in [-0.4, -0.2) is 66.4 Å². The van der Waals surface area contributed by atoms with Gasteiger partial charge in [0, 0.05) is 31.5 Å². The zero-order valence-corrected chi connectivity index (χ0v) is 18.4. The third-order valence-corrected chi connectivity index (χ3v) is 7.27. The standard InChI is InChI=1S/C21H23F3N4O4S/c1-2-3-17-13-27(33(31,32)18-8-9-19(25)26-12-18)10-11-28(17)16-6-4-15(5-7-16)20(30,14-29)21(22,23)24/h4-9,12,17,29-30H,10-11,13-14H2,1H3,(H2,25,26)/t17-,20?/m0/s1. The Morgan fingerprint density at radius 3 is 2.36 bits per heavy atom. The van der Waals surface area contributed by atoms with E-state index in [0.29, 0.717) is 5.69 Å². The van der Waals surface area contributed by atoms with Crippen LogP contribution in [0.1, 0.15) is 12.5 Å². The molecule has 0 aliphatic carbocycles. The van der Waals surface area contributed by atoms with E-state index in [0.717, 1.165) is 12.1 Å². The highest BCUT2D eigenvalue weighted by Gasteiger charge is 2.54. The fraction of sp³-hybridized carbons (Fsp3) is 0.381. The maximum atomic E-state index is 13.2. The van der Waals surface area contributed by atoms with E-state index in [-0.39, 0.29) is 30.3 Å². The molecule has 0 spiro atoms. The number of nitrogen functional groups attached to an aromatic ring is 1. The number of benzene rings is 1. The number of nitrogens with two attached hydrogens (primary N) is 1. The number of hydrogen-bond donors (Lipinski definition) is 3. The molecule has 1 aromatic carbocycles. The molecule has 0 radical (unpaired) electrons. The van der Waals surface area contributed by atoms with Crippen LogP contribution in [0.25, 0.3) is 0 Å². The van der Waals surface area contributed by atoms with Crippen molar-refractivity contribution in [2.75, 3.05) is 36.9 Å². The molecule has 1 aromatic heterocycles. The highest BCUT2D eigenvalue weighted by Crippen LogP contribution is 2.39. The molecular weight excluding hydrogens is 461 g/mol. The van der Waals surface area contributed by atoms with Crippen LogP contribution in [0.2, 0.25) is 0 Å². The van der Waals surface area contributed by atoms with Crippen molar-refractivity contribution in [2.24, 2.45) is 0 Å². The zero-order valence-electron chi connectivity index (χ0n) is 17.6. The molecule has 0 amide bonds. The van der Waals surface area contributed by atoms with Crippen molar-refractivity contribution in [3.05, 3.63) is 48.2 Å². The molecule has 4 N–H and O–H groups in total. The molecule has 2 atom stereocenters. The summed E-state index contributed by atoms with van der Waals surface area (Å²) in [5, 5.41) is 19.1. The molecular formula is C21H23F3N4O4S. The Hall–Kier alpha value is -2.85. The predicted octanol–water partition coefficient (Wildman–Crippen LogP) is 1.31. The molecule has 0 bridgehead atoms. The van der Waals surface area contributed by atoms with Crippen molar-refractivity contribution in [2.45, 2.75) is 29.6 Å². The molecule has 1 unspecified atom stereocenters. The Morgan fingerprint density at radius 1 is 1.18 bits per heavy atom. The van der Waals surface area contributed by atoms with Crippen LogP contribution in [0.3, 0.4) is 0 Å². The molecule has 2 aromatic rings. The monoisotopic (exact) mass is 484 g/mol. The van der Waals surface area contributed by atoms with Crippen molar-refractivity contribution in [3.8, 4) is 11.8 Å². The van der Waals surface area contributed by atoms with E-state index in [1.807, 2.05) is 0 Å². The molecule has 1 fully saturated rings. The third kappa shape index (κ3) is 4.77. The van der Waals surface area contributed by atoms with Crippen LogP contribution in [0.5, 0.6) is 0 Å². The van der Waals surface area contributed by atoms with E-state index in [4.69, 9.17) is 10.8 Å². The number of sulfonamides is 1. The van der Waals surface area contributed by atoms with Crippen molar-refractivity contribution in [1.29, 1.82) is 0 Å². The first-order chi connectivity index (χ1) is 15.4. The van der Waals surface area contributed by atoms with Crippen LogP contribution in [0.4, 0.5) is 24.7 Å². The topological polar surface area (TPSA) is 120 Å². The maximum Gasteiger partial charge on any atom is 0.423 e. The average molecular weight is 485 g/mol. The van der Waals surface area contributed by atoms with Crippen molar-refractivity contribution < 1.29 is 31.8 Å². The van der Waals surface area contributed by atoms with Crippen LogP contribution >= 0.6 is 0 Å². The summed E-state index contributed by atoms with van der Waals surface area (Å²) >= 11 is 0. The van der Waals surface area contributed by atoms with Gasteiger partial charge >= 0.3 is 6.18 Å². The number of alkyl halides is 3. The molecule has 1 aliphatic heterocycles. The molecule has 0 saturated carbocycles. The number of aliphatic hydroxyl groups is 2. The highest BCUT2D eigenvalue weighted by atomic mass is 32.2. The molecule has 12 heteroatoms. The summed E-state index contributed by atoms with van der Waals surface area (Å²) in [6.45, 7) is 0.446. The first kappa shape index (κ1) is 24.8. The van der Waals surface area contributed by atoms with Gasteiger partial charge in [0.25, 0.3) is 0 Å². The fourth-order valence-corrected chi connectivity index (χ4v) is 4.93. The van der Waals surface area contributed by atoms with Gasteiger partial charge in [0.2, 0.25) is 15.6 Å². The summed E-state index contributed by atoms with van der Waals surface area (Å²) in [6, 6.07) is 7.11. The molecule has 1 aliphatic rings. The molecule has 8 nitrogen and oxygen atoms in total. The van der Waals surface area contributed by atoms with Crippen molar-refractivity contribution in [1.82, 2.24) is 9.29 Å². The Morgan fingerprint density at radius 2 is 1.85 bits per heavy atom. The second-order valence-electron chi connectivity index (χ2n) is 7.45. The third-order valence-electron chi connectivity index (χ3n) is 5.43. The fourth-order valence-electron chi connectivity index (χ4n) is 3.54. The SMILES string of the molecule is CC#C[C@H]1CN(S(=O)(=O)c2ccc(N)nc2)CCN1c1ccc(C(O)(CO)C(F)(F)F)cc1. The molecule has 33 heavy (non-hydrogen) atoms. The average Bonchev–Trinajstić information content (AvgIpc) is 2.78. The van der Waals surface area contributed by atoms with E-state index >= 15 is 0 Å². The van der Waals surface area contributed by atoms with Crippen LogP contribution < -0.4 is 10.6 Å². The van der Waals surface area contributed by atoms with Gasteiger partial charge in [-0.25, -0.2) is 13.4 Å². The smallest absolute Gasteiger partial charge is 0.393 e. The lowest BCUT2D eigenvalue weighted by molar-refractivity contribution is -0.277. The Labute approximate surface area is 189 Å². The summed E-state index contributed by atoms with van der Waals surface area (Å²) in [5.74, 6) is 5.89. The number of rotatable bonds is 5. The number of anilines is 2. The van der Waals surface area contributed by atoms with E-state index in [1.54, 1.807) is 11.8 Å². The summed E-state index contributed by atoms with van der Waals surface area (Å²) in [4.78, 5) is 5.60. The summed E-state index contributed by atoms with van der Waals surface area (Å²) in [7, 11) is -3.85. The van der Waals surface area contributed by atoms with Gasteiger partial charge in [-0.3, -0.25) is 0 Å². The number of nitrogens with zero attached hydrogens (tertiary/aromatic N) is 3. The van der Waals surface area contributed by atoms with Gasteiger partial charge in [-0.05, 0) is 36.8 Å². The minimum absolute atomic E-state index is 0.00634. The van der Waals surface area contributed by atoms with Gasteiger partial charge in [0.1, 0.15) is 16.8 Å². The number of aliphatic hydroxyl groups excluding tert-OH is 1. The minimum Gasteiger partial charge on any atom is -0.393 e. The van der Waals surface area contributed by atoms with E-state index in [2.05, 4.69) is 16.8 Å². The lowest BCUT2D eigenvalue weighted by Gasteiger charge is -2.40. The first-order valence-corrected chi connectivity index (χ1v) is 11.3. The lowest BCUT2D eigenvalue weighted by atomic mass is 9.93. The quantitative estimate of drug-likeness (QED) is 0.548. The Kier molecular flexibility index (Phi) is 6.90. The maximum absolute atomic E-state index is 13.2. The summed E-state index contributed by atoms with van der Waals surface area (Å²) < 4.78 is 66.9. The van der Waals surface area contributed by atoms with Gasteiger partial charge < -0.3 is 20.8 Å². The van der Waals surface area contributed by atoms with Crippen LogP contribution in [0.15, 0.2) is 47.5 Å². The van der Waals surface area contributed by atoms with Crippen molar-refractivity contribution in [3.63, 3.8) is 0 Å². The Bertz CT molecular complexity index is 1150. The number of aromatic nitrogens is 1. The number of halogens is 3. The van der Waals surface area contributed by atoms with E-state index < -0.39 is 40.0 Å². The van der Waals surface area contributed by atoms with Crippen LogP contribution in [0, 0.1) is 11.8 Å². The number of hydrogen-bond acceptors (Lipinski definition) is 7. The van der Waals surface area contributed by atoms with Gasteiger partial charge in [-0.15, -0.1) is 5.92 Å². The number of pyridine rings is 1. The molecule has 178 valence electrons. The second-order valence-corrected chi connectivity index (χ2v) is 9.39. The minimum atomic E-state index is -5.06. The van der Waals surface area contributed by atoms with Gasteiger partial charge in [-0.2, -0.15) is 17.5 Å². The number of piperazine rings is 1. The second kappa shape index (κ2) is 9.18. The Balaban J connectivity index is 1.86. The zero-order chi connectivity index (χ0) is 24.4. The first-order valence-electron chi connectivity index (χ1n) is 9.85. The normalized spacial score (nSPS) is 19.5.